The number of anilines is 1. The van der Waals surface area contributed by atoms with Crippen LogP contribution in [0.2, 0.25) is 0 Å². The lowest BCUT2D eigenvalue weighted by molar-refractivity contribution is 0.0303. The Hall–Kier alpha value is -2.93. The molecular formula is C19H19FN2O4. The minimum Gasteiger partial charge on any atom is -0.494 e. The molecular weight excluding hydrogens is 339 g/mol. The zero-order valence-electron chi connectivity index (χ0n) is 14.3. The quantitative estimate of drug-likeness (QED) is 0.912. The van der Waals surface area contributed by atoms with Crippen LogP contribution in [0, 0.1) is 5.82 Å². The molecule has 1 fully saturated rings. The number of hydrogen-bond acceptors (Lipinski definition) is 4. The highest BCUT2D eigenvalue weighted by atomic mass is 19.1. The van der Waals surface area contributed by atoms with Crippen LogP contribution in [0.5, 0.6) is 5.75 Å². The van der Waals surface area contributed by atoms with Crippen molar-refractivity contribution in [3.63, 3.8) is 0 Å². The van der Waals surface area contributed by atoms with Gasteiger partial charge in [-0.1, -0.05) is 12.1 Å². The summed E-state index contributed by atoms with van der Waals surface area (Å²) in [5.74, 6) is -1.25. The fourth-order valence-corrected chi connectivity index (χ4v) is 2.72. The lowest BCUT2D eigenvalue weighted by atomic mass is 10.1. The number of benzene rings is 2. The molecule has 0 saturated carbocycles. The Labute approximate surface area is 150 Å². The smallest absolute Gasteiger partial charge is 0.256 e. The predicted octanol–water partition coefficient (Wildman–Crippen LogP) is 2.56. The van der Waals surface area contributed by atoms with Gasteiger partial charge in [0.25, 0.3) is 11.8 Å². The topological polar surface area (TPSA) is 67.9 Å². The van der Waals surface area contributed by atoms with Crippen molar-refractivity contribution in [3.8, 4) is 5.75 Å². The second-order valence-electron chi connectivity index (χ2n) is 5.75. The molecule has 1 aliphatic heterocycles. The second kappa shape index (κ2) is 7.97. The van der Waals surface area contributed by atoms with E-state index in [0.717, 1.165) is 6.07 Å². The molecule has 0 aromatic heterocycles. The maximum Gasteiger partial charge on any atom is 0.256 e. The Bertz CT molecular complexity index is 819. The summed E-state index contributed by atoms with van der Waals surface area (Å²) in [6, 6.07) is 10.7. The second-order valence-corrected chi connectivity index (χ2v) is 5.75. The maximum absolute atomic E-state index is 13.8. The third-order valence-corrected chi connectivity index (χ3v) is 4.12. The van der Waals surface area contributed by atoms with Crippen molar-refractivity contribution >= 4 is 17.5 Å². The summed E-state index contributed by atoms with van der Waals surface area (Å²) >= 11 is 0. The number of para-hydroxylation sites is 1. The number of ether oxygens (including phenoxy) is 2. The van der Waals surface area contributed by atoms with Gasteiger partial charge in [0.15, 0.2) is 11.6 Å². The van der Waals surface area contributed by atoms with Crippen LogP contribution in [0.1, 0.15) is 20.7 Å². The Kier molecular flexibility index (Phi) is 5.48. The first-order valence-corrected chi connectivity index (χ1v) is 8.21. The number of amides is 2. The third kappa shape index (κ3) is 3.83. The molecule has 0 bridgehead atoms. The molecule has 0 atom stereocenters. The van der Waals surface area contributed by atoms with E-state index in [-0.39, 0.29) is 17.2 Å². The summed E-state index contributed by atoms with van der Waals surface area (Å²) in [4.78, 5) is 26.9. The van der Waals surface area contributed by atoms with E-state index in [1.54, 1.807) is 29.2 Å². The van der Waals surface area contributed by atoms with Gasteiger partial charge in [-0.05, 0) is 30.3 Å². The Morgan fingerprint density at radius 1 is 1.15 bits per heavy atom. The Balaban J connectivity index is 1.80. The van der Waals surface area contributed by atoms with Crippen LogP contribution in [0.4, 0.5) is 10.1 Å². The molecule has 2 aromatic rings. The first-order valence-electron chi connectivity index (χ1n) is 8.21. The average Bonchev–Trinajstić information content (AvgIpc) is 2.68. The Morgan fingerprint density at radius 2 is 1.88 bits per heavy atom. The van der Waals surface area contributed by atoms with Gasteiger partial charge in [-0.2, -0.15) is 0 Å². The monoisotopic (exact) mass is 358 g/mol. The molecule has 0 radical (unpaired) electrons. The largest absolute Gasteiger partial charge is 0.494 e. The van der Waals surface area contributed by atoms with Crippen LogP contribution in [-0.4, -0.2) is 50.1 Å². The van der Waals surface area contributed by atoms with Gasteiger partial charge in [0, 0.05) is 18.7 Å². The van der Waals surface area contributed by atoms with Gasteiger partial charge >= 0.3 is 0 Å². The number of carbonyl (C=O) groups excluding carboxylic acids is 2. The van der Waals surface area contributed by atoms with Crippen molar-refractivity contribution in [2.75, 3.05) is 38.7 Å². The van der Waals surface area contributed by atoms with Crippen LogP contribution >= 0.6 is 0 Å². The number of hydrogen-bond donors (Lipinski definition) is 1. The molecule has 6 nitrogen and oxygen atoms in total. The van der Waals surface area contributed by atoms with Crippen LogP contribution < -0.4 is 10.1 Å². The molecule has 1 N–H and O–H groups in total. The van der Waals surface area contributed by atoms with Gasteiger partial charge in [0.2, 0.25) is 0 Å². The molecule has 2 aromatic carbocycles. The van der Waals surface area contributed by atoms with Crippen LogP contribution in [0.15, 0.2) is 42.5 Å². The standard InChI is InChI=1S/C19H19FN2O4/c1-25-17-7-6-13(12-15(17)20)18(23)21-16-5-3-2-4-14(16)19(24)22-8-10-26-11-9-22/h2-7,12H,8-11H2,1H3,(H,21,23). The highest BCUT2D eigenvalue weighted by Gasteiger charge is 2.22. The molecule has 1 aliphatic rings. The fourth-order valence-electron chi connectivity index (χ4n) is 2.72. The molecule has 0 aliphatic carbocycles. The molecule has 0 spiro atoms. The number of nitrogens with one attached hydrogen (secondary N) is 1. The SMILES string of the molecule is COc1ccc(C(=O)Nc2ccccc2C(=O)N2CCOCC2)cc1F. The maximum atomic E-state index is 13.8. The number of halogens is 1. The molecule has 1 saturated heterocycles. The van der Waals surface area contributed by atoms with Gasteiger partial charge < -0.3 is 19.7 Å². The first kappa shape index (κ1) is 17.9. The summed E-state index contributed by atoms with van der Waals surface area (Å²) in [7, 11) is 1.35. The molecule has 3 rings (SSSR count). The number of methoxy groups -OCH3 is 1. The van der Waals surface area contributed by atoms with Crippen molar-refractivity contribution in [2.24, 2.45) is 0 Å². The molecule has 0 unspecified atom stereocenters. The number of carbonyl (C=O) groups is 2. The van der Waals surface area contributed by atoms with Crippen molar-refractivity contribution < 1.29 is 23.5 Å². The highest BCUT2D eigenvalue weighted by Crippen LogP contribution is 2.21. The first-order chi connectivity index (χ1) is 12.6. The van der Waals surface area contributed by atoms with E-state index in [1.807, 2.05) is 0 Å². The van der Waals surface area contributed by atoms with E-state index in [2.05, 4.69) is 5.32 Å². The highest BCUT2D eigenvalue weighted by molar-refractivity contribution is 6.09. The van der Waals surface area contributed by atoms with Crippen molar-refractivity contribution in [3.05, 3.63) is 59.4 Å². The summed E-state index contributed by atoms with van der Waals surface area (Å²) in [6.07, 6.45) is 0. The van der Waals surface area contributed by atoms with Crippen molar-refractivity contribution in [1.82, 2.24) is 4.90 Å². The molecule has 2 amide bonds. The molecule has 26 heavy (non-hydrogen) atoms. The fraction of sp³-hybridized carbons (Fsp3) is 0.263. The van der Waals surface area contributed by atoms with Crippen molar-refractivity contribution in [2.45, 2.75) is 0 Å². The number of morpholine rings is 1. The lowest BCUT2D eigenvalue weighted by Gasteiger charge is -2.27. The normalized spacial score (nSPS) is 14.0. The van der Waals surface area contributed by atoms with E-state index < -0.39 is 11.7 Å². The number of nitrogens with zero attached hydrogens (tertiary/aromatic N) is 1. The van der Waals surface area contributed by atoms with Gasteiger partial charge in [-0.25, -0.2) is 4.39 Å². The van der Waals surface area contributed by atoms with E-state index in [1.165, 1.54) is 19.2 Å². The van der Waals surface area contributed by atoms with E-state index in [9.17, 15) is 14.0 Å². The van der Waals surface area contributed by atoms with E-state index >= 15 is 0 Å². The summed E-state index contributed by atoms with van der Waals surface area (Å²) in [5, 5.41) is 2.69. The number of rotatable bonds is 4. The zero-order valence-corrected chi connectivity index (χ0v) is 14.3. The lowest BCUT2D eigenvalue weighted by Crippen LogP contribution is -2.41. The van der Waals surface area contributed by atoms with Crippen LogP contribution in [-0.2, 0) is 4.74 Å². The predicted molar refractivity (Wildman–Crippen MR) is 94.1 cm³/mol. The minimum atomic E-state index is -0.627. The molecule has 7 heteroatoms. The summed E-state index contributed by atoms with van der Waals surface area (Å²) < 4.78 is 23.9. The minimum absolute atomic E-state index is 0.0597. The van der Waals surface area contributed by atoms with Gasteiger partial charge in [0.05, 0.1) is 31.6 Å². The van der Waals surface area contributed by atoms with Crippen LogP contribution in [0.3, 0.4) is 0 Å². The summed E-state index contributed by atoms with van der Waals surface area (Å²) in [5.41, 5.74) is 0.902. The van der Waals surface area contributed by atoms with Gasteiger partial charge in [0.1, 0.15) is 0 Å². The van der Waals surface area contributed by atoms with E-state index in [0.29, 0.717) is 37.6 Å². The van der Waals surface area contributed by atoms with Gasteiger partial charge in [-0.3, -0.25) is 9.59 Å². The Morgan fingerprint density at radius 3 is 2.58 bits per heavy atom. The third-order valence-electron chi connectivity index (χ3n) is 4.12. The molecule has 1 heterocycles. The summed E-state index contributed by atoms with van der Waals surface area (Å²) in [6.45, 7) is 1.99. The van der Waals surface area contributed by atoms with Gasteiger partial charge in [-0.15, -0.1) is 0 Å². The van der Waals surface area contributed by atoms with Crippen LogP contribution in [0.25, 0.3) is 0 Å². The average molecular weight is 358 g/mol. The van der Waals surface area contributed by atoms with Crippen molar-refractivity contribution in [1.29, 1.82) is 0 Å². The van der Waals surface area contributed by atoms with E-state index in [4.69, 9.17) is 9.47 Å². The zero-order chi connectivity index (χ0) is 18.5. The molecule has 136 valence electrons.